The Hall–Kier alpha value is -8.76. The van der Waals surface area contributed by atoms with Crippen molar-refractivity contribution in [2.75, 3.05) is 4.90 Å². The Morgan fingerprint density at radius 3 is 1.36 bits per heavy atom. The van der Waals surface area contributed by atoms with Crippen LogP contribution in [0.1, 0.15) is 22.3 Å². The number of aromatic nitrogens is 1. The largest absolute Gasteiger partial charge is 0.310 e. The summed E-state index contributed by atoms with van der Waals surface area (Å²) in [5.41, 5.74) is 16.5. The van der Waals surface area contributed by atoms with E-state index in [9.17, 15) is 0 Å². The predicted octanol–water partition coefficient (Wildman–Crippen LogP) is 14.0. The van der Waals surface area contributed by atoms with Crippen molar-refractivity contribution < 1.29 is 0 Å². The predicted molar refractivity (Wildman–Crippen MR) is 295 cm³/mol. The summed E-state index contributed by atoms with van der Waals surface area (Å²) in [6.07, 6.45) is 0. The number of para-hydroxylation sites is 5. The second-order valence-corrected chi connectivity index (χ2v) is 22.6. The minimum absolute atomic E-state index is 0.659. The zero-order valence-electron chi connectivity index (χ0n) is 38.5. The van der Waals surface area contributed by atoms with E-state index in [0.29, 0.717) is 0 Å². The number of nitrogens with zero attached hydrogens (tertiary/aromatic N) is 2. The second-order valence-electron chi connectivity index (χ2n) is 18.8. The summed E-state index contributed by atoms with van der Waals surface area (Å²) in [6, 6.07) is 105. The summed E-state index contributed by atoms with van der Waals surface area (Å²) in [7, 11) is -3.19. The number of fused-ring (bicyclic) bond motifs is 11. The summed E-state index contributed by atoms with van der Waals surface area (Å²) in [4.78, 5) is 2.47. The molecule has 0 radical (unpaired) electrons. The summed E-state index contributed by atoms with van der Waals surface area (Å²) in [6.45, 7) is 0. The van der Waals surface area contributed by atoms with Gasteiger partial charge in [-0.25, -0.2) is 0 Å². The van der Waals surface area contributed by atoms with Crippen LogP contribution in [0.3, 0.4) is 0 Å². The fourth-order valence-electron chi connectivity index (χ4n) is 12.5. The van der Waals surface area contributed by atoms with Gasteiger partial charge in [-0.15, -0.1) is 0 Å². The van der Waals surface area contributed by atoms with E-state index >= 15 is 0 Å². The molecule has 0 unspecified atom stereocenters. The fourth-order valence-corrected chi connectivity index (χ4v) is 17.3. The van der Waals surface area contributed by atoms with E-state index in [1.807, 2.05) is 0 Å². The van der Waals surface area contributed by atoms with Gasteiger partial charge in [0.05, 0.1) is 33.5 Å². The minimum Gasteiger partial charge on any atom is -0.310 e. The molecule has 14 rings (SSSR count). The van der Waals surface area contributed by atoms with Crippen LogP contribution >= 0.6 is 0 Å². The van der Waals surface area contributed by atoms with Crippen LogP contribution < -0.4 is 25.6 Å². The molecule has 0 saturated heterocycles. The Bertz CT molecular complexity index is 3820. The molecule has 0 amide bonds. The number of anilines is 3. The topological polar surface area (TPSA) is 8.17 Å². The van der Waals surface area contributed by atoms with Gasteiger partial charge >= 0.3 is 0 Å². The lowest BCUT2D eigenvalue weighted by Crippen LogP contribution is -2.74. The van der Waals surface area contributed by atoms with E-state index in [1.54, 1.807) is 0 Å². The first kappa shape index (κ1) is 40.3. The molecule has 0 N–H and O–H groups in total. The smallest absolute Gasteiger partial charge is 0.179 e. The van der Waals surface area contributed by atoms with Crippen LogP contribution in [-0.2, 0) is 5.41 Å². The van der Waals surface area contributed by atoms with Crippen LogP contribution in [0, 0.1) is 0 Å². The summed E-state index contributed by atoms with van der Waals surface area (Å²) >= 11 is 0. The van der Waals surface area contributed by atoms with Gasteiger partial charge < -0.3 is 9.47 Å². The van der Waals surface area contributed by atoms with Gasteiger partial charge in [0.25, 0.3) is 0 Å². The highest BCUT2D eigenvalue weighted by Crippen LogP contribution is 2.61. The third-order valence-electron chi connectivity index (χ3n) is 15.3. The van der Waals surface area contributed by atoms with Crippen molar-refractivity contribution in [2.45, 2.75) is 5.41 Å². The lowest BCUT2D eigenvalue weighted by Gasteiger charge is -2.49. The molecule has 2 aliphatic heterocycles. The minimum atomic E-state index is -3.19. The van der Waals surface area contributed by atoms with Crippen LogP contribution in [-0.4, -0.2) is 12.6 Å². The van der Waals surface area contributed by atoms with Crippen molar-refractivity contribution in [1.29, 1.82) is 0 Å². The van der Waals surface area contributed by atoms with E-state index < -0.39 is 13.5 Å². The van der Waals surface area contributed by atoms with Crippen LogP contribution in [0.25, 0.3) is 49.7 Å². The average Bonchev–Trinajstić information content (AvgIpc) is 3.79. The zero-order chi connectivity index (χ0) is 46.2. The molecule has 1 aromatic heterocycles. The molecule has 2 nitrogen and oxygen atoms in total. The van der Waals surface area contributed by atoms with Crippen LogP contribution in [0.4, 0.5) is 17.1 Å². The maximum Gasteiger partial charge on any atom is 0.179 e. The van der Waals surface area contributed by atoms with Crippen molar-refractivity contribution in [3.8, 4) is 27.9 Å². The molecule has 12 aromatic rings. The molecule has 3 heteroatoms. The Balaban J connectivity index is 1.14. The quantitative estimate of drug-likeness (QED) is 0.114. The monoisotopic (exact) mass is 906 g/mol. The fraction of sp³-hybridized carbons (Fsp3) is 0.0149. The van der Waals surface area contributed by atoms with Crippen molar-refractivity contribution in [3.63, 3.8) is 0 Å². The van der Waals surface area contributed by atoms with Gasteiger partial charge in [-0.3, -0.25) is 0 Å². The van der Waals surface area contributed by atoms with E-state index in [2.05, 4.69) is 289 Å². The number of rotatable bonds is 7. The molecule has 0 fully saturated rings. The zero-order valence-corrected chi connectivity index (χ0v) is 39.5. The van der Waals surface area contributed by atoms with Gasteiger partial charge in [0.2, 0.25) is 0 Å². The SMILES string of the molecule is c1ccc(-c2cccc([Si](c3ccccc3)(c3cccc(-c4ccccc4)c3)c3ccc4c(c3)-n3c5ccccc5c5cccc(c53)C43c4ccccc4N(c4ccccc4)c4ccccc43)c2)cc1. The first-order valence-corrected chi connectivity index (χ1v) is 26.3. The van der Waals surface area contributed by atoms with Crippen molar-refractivity contribution >= 4 is 67.7 Å². The van der Waals surface area contributed by atoms with Gasteiger partial charge in [0.1, 0.15) is 0 Å². The van der Waals surface area contributed by atoms with E-state index in [-0.39, 0.29) is 0 Å². The average molecular weight is 907 g/mol. The normalized spacial score (nSPS) is 13.2. The maximum atomic E-state index is 2.62. The summed E-state index contributed by atoms with van der Waals surface area (Å²) in [5.74, 6) is 0. The standard InChI is InChI=1S/C67H46N2Si/c1-5-22-47(23-6-1)49-26-19-32-53(44-49)70(52-30-11-4-12-31-52,54-33-20-27-50(45-54)48-24-7-2-8-25-48)55-42-43-60-65(46-55)69-62-39-16-13-34-56(62)57-35-21-38-61(66(57)69)67(60)58-36-14-17-40-63(58)68(51-28-9-3-10-29-51)64-41-18-15-37-59(64)67/h1-46H. The second kappa shape index (κ2) is 15.9. The summed E-state index contributed by atoms with van der Waals surface area (Å²) in [5, 5.41) is 7.87. The number of benzene rings is 11. The van der Waals surface area contributed by atoms with Gasteiger partial charge in [-0.1, -0.05) is 243 Å². The van der Waals surface area contributed by atoms with Gasteiger partial charge in [0, 0.05) is 16.5 Å². The Labute approximate surface area is 409 Å². The third kappa shape index (κ3) is 5.73. The third-order valence-corrected chi connectivity index (χ3v) is 20.0. The molecule has 0 atom stereocenters. The van der Waals surface area contributed by atoms with Crippen molar-refractivity contribution in [1.82, 2.24) is 4.57 Å². The maximum absolute atomic E-state index is 3.19. The van der Waals surface area contributed by atoms with Gasteiger partial charge in [0.15, 0.2) is 8.07 Å². The number of hydrogen-bond acceptors (Lipinski definition) is 1. The van der Waals surface area contributed by atoms with Crippen LogP contribution in [0.2, 0.25) is 0 Å². The van der Waals surface area contributed by atoms with Crippen molar-refractivity contribution in [2.24, 2.45) is 0 Å². The highest BCUT2D eigenvalue weighted by molar-refractivity contribution is 7.20. The molecule has 0 saturated carbocycles. The molecule has 328 valence electrons. The highest BCUT2D eigenvalue weighted by atomic mass is 28.3. The number of hydrogen-bond donors (Lipinski definition) is 0. The molecular formula is C67H46N2Si. The van der Waals surface area contributed by atoms with Crippen LogP contribution in [0.15, 0.2) is 279 Å². The molecule has 2 aliphatic rings. The lowest BCUT2D eigenvalue weighted by molar-refractivity contribution is 0.716. The Kier molecular flexibility index (Phi) is 9.17. The Morgan fingerprint density at radius 2 is 0.729 bits per heavy atom. The van der Waals surface area contributed by atoms with Gasteiger partial charge in [-0.05, 0) is 102 Å². The van der Waals surface area contributed by atoms with E-state index in [4.69, 9.17) is 0 Å². The van der Waals surface area contributed by atoms with E-state index in [0.717, 1.165) is 5.69 Å². The first-order chi connectivity index (χ1) is 34.7. The molecule has 1 spiro atoms. The molecule has 11 aromatic carbocycles. The highest BCUT2D eigenvalue weighted by Gasteiger charge is 2.52. The van der Waals surface area contributed by atoms with E-state index in [1.165, 1.54) is 104 Å². The van der Waals surface area contributed by atoms with Crippen molar-refractivity contribution in [3.05, 3.63) is 301 Å². The lowest BCUT2D eigenvalue weighted by atomic mass is 9.60. The van der Waals surface area contributed by atoms with Crippen LogP contribution in [0.5, 0.6) is 0 Å². The molecule has 0 bridgehead atoms. The molecular weight excluding hydrogens is 861 g/mol. The molecule has 0 aliphatic carbocycles. The first-order valence-electron chi connectivity index (χ1n) is 24.3. The Morgan fingerprint density at radius 1 is 0.286 bits per heavy atom. The molecule has 3 heterocycles. The van der Waals surface area contributed by atoms with Gasteiger partial charge in [-0.2, -0.15) is 0 Å². The molecule has 70 heavy (non-hydrogen) atoms. The summed E-state index contributed by atoms with van der Waals surface area (Å²) < 4.78 is 2.61.